The van der Waals surface area contributed by atoms with E-state index in [4.69, 9.17) is 0 Å². The molecule has 2 spiro atoms. The summed E-state index contributed by atoms with van der Waals surface area (Å²) in [6, 6.07) is 96.5. The van der Waals surface area contributed by atoms with E-state index in [2.05, 4.69) is 265 Å². The van der Waals surface area contributed by atoms with Gasteiger partial charge in [-0.1, -0.05) is 181 Å². The Kier molecular flexibility index (Phi) is 10.1. The predicted molar refractivity (Wildman–Crippen MR) is 336 cm³/mol. The van der Waals surface area contributed by atoms with Crippen molar-refractivity contribution in [3.63, 3.8) is 0 Å². The van der Waals surface area contributed by atoms with Gasteiger partial charge in [-0.25, -0.2) is 0 Å². The van der Waals surface area contributed by atoms with Gasteiger partial charge in [0, 0.05) is 92.4 Å². The molecule has 4 aromatic heterocycles. The van der Waals surface area contributed by atoms with Crippen molar-refractivity contribution in [2.75, 3.05) is 9.80 Å². The highest BCUT2D eigenvalue weighted by molar-refractivity contribution is 7.99. The van der Waals surface area contributed by atoms with Crippen LogP contribution in [0.1, 0.15) is 43.1 Å². The fourth-order valence-electron chi connectivity index (χ4n) is 13.1. The number of thiophene rings is 4. The Morgan fingerprint density at radius 2 is 0.577 bits per heavy atom. The van der Waals surface area contributed by atoms with Crippen molar-refractivity contribution in [3.05, 3.63) is 298 Å². The van der Waals surface area contributed by atoms with E-state index in [-0.39, 0.29) is 0 Å². The predicted octanol–water partition coefficient (Wildman–Crippen LogP) is 21.5. The molecular weight excluding hydrogens is 1060 g/mol. The second-order valence-electron chi connectivity index (χ2n) is 20.2. The first-order valence-corrected chi connectivity index (χ1v) is 31.1. The third-order valence-corrected chi connectivity index (χ3v) is 23.3. The largest absolute Gasteiger partial charge is 0.302 e. The zero-order chi connectivity index (χ0) is 51.1. The summed E-state index contributed by atoms with van der Waals surface area (Å²) in [5.74, 6) is 0. The summed E-state index contributed by atoms with van der Waals surface area (Å²) in [6.45, 7) is 0. The van der Waals surface area contributed by atoms with Crippen molar-refractivity contribution in [1.82, 2.24) is 0 Å². The van der Waals surface area contributed by atoms with Crippen molar-refractivity contribution in [2.45, 2.75) is 30.4 Å². The van der Waals surface area contributed by atoms with Crippen LogP contribution in [0, 0.1) is 0 Å². The molecular formula is C70H42N2S6. The maximum Gasteiger partial charge on any atom is 0.101 e. The zero-order valence-corrected chi connectivity index (χ0v) is 46.5. The number of fused-ring (bicyclic) bond motifs is 20. The number of nitrogens with zero attached hydrogens (tertiary/aromatic N) is 2. The van der Waals surface area contributed by atoms with E-state index in [0.29, 0.717) is 0 Å². The molecule has 2 aliphatic heterocycles. The van der Waals surface area contributed by atoms with Gasteiger partial charge in [-0.2, -0.15) is 0 Å². The molecule has 0 amide bonds. The van der Waals surface area contributed by atoms with E-state index in [1.807, 2.05) is 68.9 Å². The quantitative estimate of drug-likeness (QED) is 0.164. The lowest BCUT2D eigenvalue weighted by Crippen LogP contribution is -2.45. The standard InChI is InChI=1S/C70H42N2S6/c1-3-19-43(20-4-1)71(45-35-37-49-47-23-7-13-29-57(47)73-63(49)39-45)65-41-55-67(77-65)70(53-27-11-17-33-61(53)76-62-34-18-12-28-54(62)70)56-42-66(78-68(56)69(55)51-25-9-15-31-59(51)75-60-32-16-10-26-52(60)69)72(44-21-5-2-6-22-44)46-36-38-50-48-24-8-14-30-58(48)74-64(50)40-46/h1-42H. The minimum atomic E-state index is -0.698. The lowest BCUT2D eigenvalue weighted by atomic mass is 9.55. The molecule has 0 bridgehead atoms. The fourth-order valence-corrected chi connectivity index (χ4v) is 20.7. The Hall–Kier alpha value is -7.66. The van der Waals surface area contributed by atoms with E-state index in [1.165, 1.54) is 113 Å². The molecule has 0 atom stereocenters. The Morgan fingerprint density at radius 3 is 0.974 bits per heavy atom. The summed E-state index contributed by atoms with van der Waals surface area (Å²) in [7, 11) is 0. The molecule has 0 saturated carbocycles. The Labute approximate surface area is 476 Å². The van der Waals surface area contributed by atoms with Gasteiger partial charge >= 0.3 is 0 Å². The van der Waals surface area contributed by atoms with Crippen LogP contribution >= 0.6 is 68.9 Å². The molecule has 0 radical (unpaired) electrons. The molecule has 10 aromatic carbocycles. The van der Waals surface area contributed by atoms with E-state index in [1.54, 1.807) is 0 Å². The number of anilines is 6. The summed E-state index contributed by atoms with van der Waals surface area (Å²) < 4.78 is 5.19. The first-order valence-electron chi connectivity index (χ1n) is 26.2. The molecule has 17 rings (SSSR count). The van der Waals surface area contributed by atoms with Gasteiger partial charge in [-0.15, -0.1) is 45.3 Å². The molecule has 8 heteroatoms. The van der Waals surface area contributed by atoms with E-state index < -0.39 is 10.8 Å². The van der Waals surface area contributed by atoms with Crippen molar-refractivity contribution >= 4 is 142 Å². The lowest BCUT2D eigenvalue weighted by molar-refractivity contribution is 0.609. The summed E-state index contributed by atoms with van der Waals surface area (Å²) in [6.07, 6.45) is 0. The Morgan fingerprint density at radius 1 is 0.244 bits per heavy atom. The Balaban J connectivity index is 1.01. The zero-order valence-electron chi connectivity index (χ0n) is 41.6. The van der Waals surface area contributed by atoms with Crippen LogP contribution in [0.2, 0.25) is 0 Å². The van der Waals surface area contributed by atoms with E-state index in [0.717, 1.165) is 22.7 Å². The van der Waals surface area contributed by atoms with Crippen LogP contribution in [0.25, 0.3) is 40.3 Å². The number of hydrogen-bond donors (Lipinski definition) is 0. The Bertz CT molecular complexity index is 4300. The first kappa shape index (κ1) is 45.4. The molecule has 0 unspecified atom stereocenters. The topological polar surface area (TPSA) is 6.48 Å². The van der Waals surface area contributed by atoms with Crippen molar-refractivity contribution in [2.24, 2.45) is 0 Å². The van der Waals surface area contributed by atoms with Crippen LogP contribution in [0.4, 0.5) is 32.8 Å². The number of rotatable bonds is 6. The lowest BCUT2D eigenvalue weighted by Gasteiger charge is -2.51. The van der Waals surface area contributed by atoms with Gasteiger partial charge in [-0.05, 0) is 130 Å². The van der Waals surface area contributed by atoms with Crippen LogP contribution in [0.5, 0.6) is 0 Å². The molecule has 368 valence electrons. The second-order valence-corrected chi connectivity index (χ2v) is 26.6. The van der Waals surface area contributed by atoms with Crippen LogP contribution in [0.3, 0.4) is 0 Å². The molecule has 1 aliphatic carbocycles. The van der Waals surface area contributed by atoms with Crippen LogP contribution in [-0.2, 0) is 10.8 Å². The maximum atomic E-state index is 2.62. The summed E-state index contributed by atoms with van der Waals surface area (Å²) in [4.78, 5) is 12.9. The maximum absolute atomic E-state index is 2.62. The third-order valence-electron chi connectivity index (χ3n) is 16.2. The summed E-state index contributed by atoms with van der Waals surface area (Å²) in [5.41, 5.74) is 11.1. The van der Waals surface area contributed by atoms with Gasteiger partial charge in [0.2, 0.25) is 0 Å². The van der Waals surface area contributed by atoms with Crippen molar-refractivity contribution in [3.8, 4) is 0 Å². The highest BCUT2D eigenvalue weighted by Gasteiger charge is 2.60. The van der Waals surface area contributed by atoms with E-state index in [9.17, 15) is 0 Å². The van der Waals surface area contributed by atoms with Crippen LogP contribution < -0.4 is 9.80 Å². The van der Waals surface area contributed by atoms with Gasteiger partial charge in [0.05, 0.1) is 10.8 Å². The number of benzene rings is 10. The molecule has 0 fully saturated rings. The summed E-state index contributed by atoms with van der Waals surface area (Å²) in [5, 5.41) is 7.58. The van der Waals surface area contributed by atoms with Gasteiger partial charge in [-0.3, -0.25) is 0 Å². The molecule has 14 aromatic rings. The van der Waals surface area contributed by atoms with Crippen LogP contribution in [0.15, 0.2) is 274 Å². The van der Waals surface area contributed by atoms with Gasteiger partial charge in [0.25, 0.3) is 0 Å². The fraction of sp³-hybridized carbons (Fsp3) is 0.0286. The SMILES string of the molecule is c1ccc(N(c2ccc3c(c2)sc2ccccc23)c2cc3c(s2)C2(c4ccccc4Sc4ccccc42)c2cc(N(c4ccccc4)c4ccc5c(c4)sc4ccccc45)sc2C32c3ccccc3Sc3ccccc32)cc1. The van der Waals surface area contributed by atoms with Crippen molar-refractivity contribution < 1.29 is 0 Å². The normalized spacial score (nSPS) is 14.3. The molecule has 3 aliphatic rings. The highest BCUT2D eigenvalue weighted by atomic mass is 32.2. The third kappa shape index (κ3) is 6.38. The van der Waals surface area contributed by atoms with E-state index >= 15 is 0 Å². The number of para-hydroxylation sites is 2. The highest BCUT2D eigenvalue weighted by Crippen LogP contribution is 2.71. The molecule has 0 saturated heterocycles. The average molecular weight is 1100 g/mol. The average Bonchev–Trinajstić information content (AvgIpc) is 2.28. The number of hydrogen-bond acceptors (Lipinski definition) is 8. The first-order chi connectivity index (χ1) is 38.6. The molecule has 6 heterocycles. The van der Waals surface area contributed by atoms with Gasteiger partial charge < -0.3 is 9.80 Å². The van der Waals surface area contributed by atoms with Crippen LogP contribution in [-0.4, -0.2) is 0 Å². The monoisotopic (exact) mass is 1100 g/mol. The minimum absolute atomic E-state index is 0.698. The van der Waals surface area contributed by atoms with Crippen molar-refractivity contribution in [1.29, 1.82) is 0 Å². The smallest absolute Gasteiger partial charge is 0.101 e. The van der Waals surface area contributed by atoms with Gasteiger partial charge in [0.15, 0.2) is 0 Å². The molecule has 78 heavy (non-hydrogen) atoms. The minimum Gasteiger partial charge on any atom is -0.302 e. The summed E-state index contributed by atoms with van der Waals surface area (Å²) >= 11 is 11.5. The van der Waals surface area contributed by atoms with Gasteiger partial charge in [0.1, 0.15) is 10.0 Å². The molecule has 2 nitrogen and oxygen atoms in total. The molecule has 0 N–H and O–H groups in total. The second kappa shape index (κ2) is 17.4.